The molecule has 0 saturated carbocycles. The Labute approximate surface area is 114 Å². The largest absolute Gasteiger partial charge is 0.464 e. The molecule has 0 aliphatic carbocycles. The molecule has 0 N–H and O–H groups in total. The van der Waals surface area contributed by atoms with Gasteiger partial charge in [0.15, 0.2) is 0 Å². The van der Waals surface area contributed by atoms with Crippen molar-refractivity contribution in [2.75, 3.05) is 18.1 Å². The number of carbonyl (C=O) groups is 1. The van der Waals surface area contributed by atoms with Crippen LogP contribution in [0.15, 0.2) is 18.2 Å². The lowest BCUT2D eigenvalue weighted by atomic mass is 9.90. The molecule has 1 atom stereocenters. The van der Waals surface area contributed by atoms with Gasteiger partial charge in [-0.25, -0.2) is 4.79 Å². The van der Waals surface area contributed by atoms with E-state index in [0.717, 1.165) is 32.2 Å². The Morgan fingerprint density at radius 2 is 2.16 bits per heavy atom. The Hall–Kier alpha value is -1.51. The maximum atomic E-state index is 12.6. The average molecular weight is 259 g/mol. The van der Waals surface area contributed by atoms with Crippen LogP contribution in [0.5, 0.6) is 0 Å². The smallest absolute Gasteiger partial charge is 0.332 e. The van der Waals surface area contributed by atoms with Crippen molar-refractivity contribution in [1.29, 1.82) is 0 Å². The molecule has 1 aromatic carbocycles. The molecule has 2 heterocycles. The zero-order valence-corrected chi connectivity index (χ0v) is 11.7. The second-order valence-electron chi connectivity index (χ2n) is 5.52. The third-order valence-corrected chi connectivity index (χ3v) is 4.48. The molecule has 2 aliphatic heterocycles. The van der Waals surface area contributed by atoms with Gasteiger partial charge in [0.25, 0.3) is 0 Å². The van der Waals surface area contributed by atoms with Gasteiger partial charge in [-0.1, -0.05) is 32.0 Å². The van der Waals surface area contributed by atoms with Gasteiger partial charge < -0.3 is 9.64 Å². The molecule has 0 saturated heterocycles. The Morgan fingerprint density at radius 3 is 2.89 bits per heavy atom. The van der Waals surface area contributed by atoms with E-state index in [2.05, 4.69) is 30.0 Å². The highest BCUT2D eigenvalue weighted by Gasteiger charge is 2.51. The van der Waals surface area contributed by atoms with Crippen LogP contribution in [-0.2, 0) is 22.4 Å². The van der Waals surface area contributed by atoms with E-state index in [9.17, 15) is 4.79 Å². The van der Waals surface area contributed by atoms with Crippen molar-refractivity contribution in [1.82, 2.24) is 0 Å². The first kappa shape index (κ1) is 12.5. The zero-order valence-electron chi connectivity index (χ0n) is 11.7. The summed E-state index contributed by atoms with van der Waals surface area (Å²) in [7, 11) is 0. The highest BCUT2D eigenvalue weighted by Crippen LogP contribution is 2.46. The number of nitrogens with zero attached hydrogens (tertiary/aromatic N) is 1. The van der Waals surface area contributed by atoms with E-state index in [-0.39, 0.29) is 5.97 Å². The summed E-state index contributed by atoms with van der Waals surface area (Å²) in [6.07, 6.45) is 3.54. The van der Waals surface area contributed by atoms with E-state index in [1.165, 1.54) is 16.8 Å². The van der Waals surface area contributed by atoms with Crippen LogP contribution >= 0.6 is 0 Å². The molecule has 1 unspecified atom stereocenters. The monoisotopic (exact) mass is 259 g/mol. The number of hydrogen-bond acceptors (Lipinski definition) is 3. The van der Waals surface area contributed by atoms with Gasteiger partial charge >= 0.3 is 5.97 Å². The molecule has 0 aromatic heterocycles. The van der Waals surface area contributed by atoms with E-state index in [4.69, 9.17) is 4.74 Å². The Balaban J connectivity index is 1.96. The molecule has 3 nitrogen and oxygen atoms in total. The van der Waals surface area contributed by atoms with E-state index < -0.39 is 5.54 Å². The normalized spacial score (nSPS) is 23.6. The van der Waals surface area contributed by atoms with Crippen LogP contribution < -0.4 is 4.90 Å². The van der Waals surface area contributed by atoms with Crippen molar-refractivity contribution in [3.8, 4) is 0 Å². The Kier molecular flexibility index (Phi) is 3.00. The van der Waals surface area contributed by atoms with Crippen LogP contribution in [0.1, 0.15) is 37.8 Å². The Bertz CT molecular complexity index is 511. The third-order valence-electron chi connectivity index (χ3n) is 4.48. The van der Waals surface area contributed by atoms with Crippen molar-refractivity contribution >= 4 is 11.7 Å². The summed E-state index contributed by atoms with van der Waals surface area (Å²) < 4.78 is 5.48. The fraction of sp³-hybridized carbons (Fsp3) is 0.562. The van der Waals surface area contributed by atoms with Gasteiger partial charge in [-0.05, 0) is 30.4 Å². The van der Waals surface area contributed by atoms with Gasteiger partial charge in [0.2, 0.25) is 0 Å². The number of rotatable bonds is 4. The fourth-order valence-corrected chi connectivity index (χ4v) is 3.49. The molecular weight excluding hydrogens is 238 g/mol. The van der Waals surface area contributed by atoms with E-state index in [1.807, 2.05) is 6.92 Å². The highest BCUT2D eigenvalue weighted by atomic mass is 16.5. The second-order valence-corrected chi connectivity index (χ2v) is 5.52. The maximum absolute atomic E-state index is 12.6. The summed E-state index contributed by atoms with van der Waals surface area (Å²) >= 11 is 0. The number of carbonyl (C=O) groups excluding carboxylic acids is 1. The minimum atomic E-state index is -0.454. The average Bonchev–Trinajstić information content (AvgIpc) is 3.01. The fourth-order valence-electron chi connectivity index (χ4n) is 3.49. The zero-order chi connectivity index (χ0) is 13.5. The number of para-hydroxylation sites is 1. The highest BCUT2D eigenvalue weighted by molar-refractivity contribution is 5.90. The minimum Gasteiger partial charge on any atom is -0.464 e. The molecule has 0 bridgehead atoms. The van der Waals surface area contributed by atoms with Gasteiger partial charge in [-0.15, -0.1) is 0 Å². The van der Waals surface area contributed by atoms with E-state index in [0.29, 0.717) is 6.61 Å². The topological polar surface area (TPSA) is 29.5 Å². The van der Waals surface area contributed by atoms with Crippen molar-refractivity contribution in [2.24, 2.45) is 0 Å². The predicted octanol–water partition coefficient (Wildman–Crippen LogP) is 2.71. The lowest BCUT2D eigenvalue weighted by Gasteiger charge is -2.35. The molecule has 19 heavy (non-hydrogen) atoms. The first-order valence-electron chi connectivity index (χ1n) is 7.28. The standard InChI is InChI=1S/C16H21NO2/c1-3-10-19-15(18)16(4-2)11-13-7-5-6-12-8-9-17(16)14(12)13/h5-7H,3-4,8-11H2,1-2H3. The quantitative estimate of drug-likeness (QED) is 0.779. The first-order chi connectivity index (χ1) is 9.23. The number of anilines is 1. The molecular formula is C16H21NO2. The summed E-state index contributed by atoms with van der Waals surface area (Å²) in [4.78, 5) is 14.9. The number of benzene rings is 1. The summed E-state index contributed by atoms with van der Waals surface area (Å²) in [6, 6.07) is 6.45. The third kappa shape index (κ3) is 1.67. The number of hydrogen-bond donors (Lipinski definition) is 0. The molecule has 102 valence electrons. The molecule has 0 fully saturated rings. The molecule has 2 aliphatic rings. The molecule has 0 radical (unpaired) electrons. The summed E-state index contributed by atoms with van der Waals surface area (Å²) in [5.74, 6) is -0.0408. The van der Waals surface area contributed by atoms with Crippen LogP contribution in [0.4, 0.5) is 5.69 Å². The van der Waals surface area contributed by atoms with Crippen LogP contribution in [0.2, 0.25) is 0 Å². The summed E-state index contributed by atoms with van der Waals surface area (Å²) in [5.41, 5.74) is 3.55. The number of esters is 1. The summed E-state index contributed by atoms with van der Waals surface area (Å²) in [6.45, 7) is 5.60. The summed E-state index contributed by atoms with van der Waals surface area (Å²) in [5, 5.41) is 0. The lowest BCUT2D eigenvalue weighted by Crippen LogP contribution is -2.53. The van der Waals surface area contributed by atoms with Crippen molar-refractivity contribution < 1.29 is 9.53 Å². The van der Waals surface area contributed by atoms with Crippen LogP contribution in [0, 0.1) is 0 Å². The van der Waals surface area contributed by atoms with Crippen LogP contribution in [0.25, 0.3) is 0 Å². The Morgan fingerprint density at radius 1 is 1.37 bits per heavy atom. The lowest BCUT2D eigenvalue weighted by molar-refractivity contribution is -0.150. The molecule has 0 amide bonds. The van der Waals surface area contributed by atoms with Crippen molar-refractivity contribution in [3.63, 3.8) is 0 Å². The van der Waals surface area contributed by atoms with E-state index in [1.54, 1.807) is 0 Å². The van der Waals surface area contributed by atoms with Gasteiger partial charge in [0.1, 0.15) is 5.54 Å². The van der Waals surface area contributed by atoms with Gasteiger partial charge in [0.05, 0.1) is 6.61 Å². The van der Waals surface area contributed by atoms with Crippen LogP contribution in [-0.4, -0.2) is 24.7 Å². The maximum Gasteiger partial charge on any atom is 0.332 e. The first-order valence-corrected chi connectivity index (χ1v) is 7.28. The molecule has 0 spiro atoms. The molecule has 3 rings (SSSR count). The van der Waals surface area contributed by atoms with Gasteiger partial charge in [-0.3, -0.25) is 0 Å². The predicted molar refractivity (Wildman–Crippen MR) is 75.5 cm³/mol. The molecule has 1 aromatic rings. The second kappa shape index (κ2) is 4.55. The SMILES string of the molecule is CCCOC(=O)C1(CC)Cc2cccc3c2N1CC3. The van der Waals surface area contributed by atoms with Gasteiger partial charge in [-0.2, -0.15) is 0 Å². The minimum absolute atomic E-state index is 0.0408. The van der Waals surface area contributed by atoms with E-state index >= 15 is 0 Å². The number of ether oxygens (including phenoxy) is 1. The van der Waals surface area contributed by atoms with Crippen molar-refractivity contribution in [3.05, 3.63) is 29.3 Å². The molecule has 3 heteroatoms. The van der Waals surface area contributed by atoms with Crippen molar-refractivity contribution in [2.45, 2.75) is 45.1 Å². The van der Waals surface area contributed by atoms with Crippen LogP contribution in [0.3, 0.4) is 0 Å². The van der Waals surface area contributed by atoms with Gasteiger partial charge in [0, 0.05) is 18.7 Å².